The van der Waals surface area contributed by atoms with Gasteiger partial charge < -0.3 is 4.90 Å². The number of rotatable bonds is 9. The summed E-state index contributed by atoms with van der Waals surface area (Å²) in [5.41, 5.74) is 2.59. The summed E-state index contributed by atoms with van der Waals surface area (Å²) < 4.78 is 2.00. The summed E-state index contributed by atoms with van der Waals surface area (Å²) >= 11 is 5.02. The Balaban J connectivity index is 1.62. The van der Waals surface area contributed by atoms with Crippen LogP contribution in [0.4, 0.5) is 5.13 Å². The lowest BCUT2D eigenvalue weighted by atomic mass is 10.0. The molecular weight excluding hydrogens is 510 g/mol. The smallest absolute Gasteiger partial charge is 0.260 e. The third-order valence-electron chi connectivity index (χ3n) is 5.78. The van der Waals surface area contributed by atoms with Gasteiger partial charge in [-0.2, -0.15) is 0 Å². The van der Waals surface area contributed by atoms with Crippen molar-refractivity contribution >= 4 is 54.3 Å². The first-order valence-corrected chi connectivity index (χ1v) is 12.9. The van der Waals surface area contributed by atoms with Gasteiger partial charge in [0.05, 0.1) is 10.2 Å². The molecule has 174 valence electrons. The Morgan fingerprint density at radius 3 is 2.18 bits per heavy atom. The maximum Gasteiger partial charge on any atom is 0.260 e. The lowest BCUT2D eigenvalue weighted by molar-refractivity contribution is 0.0981. The zero-order valence-electron chi connectivity index (χ0n) is 19.2. The topological polar surface area (TPSA) is 53.5 Å². The zero-order valence-corrected chi connectivity index (χ0v) is 21.6. The van der Waals surface area contributed by atoms with Crippen molar-refractivity contribution in [2.24, 2.45) is 0 Å². The highest BCUT2D eigenvalue weighted by atomic mass is 79.9. The second-order valence-electron chi connectivity index (χ2n) is 7.86. The van der Waals surface area contributed by atoms with Crippen LogP contribution in [0.2, 0.25) is 0 Å². The van der Waals surface area contributed by atoms with Gasteiger partial charge in [-0.1, -0.05) is 83.6 Å². The van der Waals surface area contributed by atoms with E-state index in [9.17, 15) is 9.59 Å². The highest BCUT2D eigenvalue weighted by molar-refractivity contribution is 9.10. The van der Waals surface area contributed by atoms with E-state index in [1.54, 1.807) is 41.3 Å². The molecular formula is C27H26BrN3O2S. The summed E-state index contributed by atoms with van der Waals surface area (Å²) in [5.74, 6) is -0.182. The molecule has 0 radical (unpaired) electrons. The largest absolute Gasteiger partial charge is 0.302 e. The van der Waals surface area contributed by atoms with Gasteiger partial charge in [-0.25, -0.2) is 4.98 Å². The van der Waals surface area contributed by atoms with Crippen molar-refractivity contribution in [2.75, 3.05) is 31.1 Å². The van der Waals surface area contributed by atoms with Gasteiger partial charge in [-0.3, -0.25) is 14.5 Å². The van der Waals surface area contributed by atoms with E-state index < -0.39 is 0 Å². The summed E-state index contributed by atoms with van der Waals surface area (Å²) in [7, 11) is 0. The SMILES string of the molecule is CCN(CC)CCN(C(=O)c1ccc(C(=O)c2ccccc2)cc1)c1nc2ccc(Br)cc2s1. The van der Waals surface area contributed by atoms with E-state index in [2.05, 4.69) is 34.7 Å². The number of carbonyl (C=O) groups is 2. The number of carbonyl (C=O) groups excluding carboxylic acids is 2. The number of hydrogen-bond donors (Lipinski definition) is 0. The number of anilines is 1. The van der Waals surface area contributed by atoms with Crippen LogP contribution in [0.1, 0.15) is 40.1 Å². The molecule has 1 amide bonds. The van der Waals surface area contributed by atoms with Crippen molar-refractivity contribution in [3.8, 4) is 0 Å². The van der Waals surface area contributed by atoms with Crippen LogP contribution < -0.4 is 4.90 Å². The van der Waals surface area contributed by atoms with Crippen LogP contribution in [0, 0.1) is 0 Å². The molecule has 7 heteroatoms. The van der Waals surface area contributed by atoms with E-state index >= 15 is 0 Å². The summed E-state index contributed by atoms with van der Waals surface area (Å²) in [6, 6.07) is 22.0. The number of fused-ring (bicyclic) bond motifs is 1. The fraction of sp³-hybridized carbons (Fsp3) is 0.222. The third kappa shape index (κ3) is 5.43. The molecule has 0 fully saturated rings. The monoisotopic (exact) mass is 535 g/mol. The van der Waals surface area contributed by atoms with Crippen LogP contribution in [-0.4, -0.2) is 47.8 Å². The number of likely N-dealkylation sites (N-methyl/N-ethyl adjacent to an activating group) is 1. The third-order valence-corrected chi connectivity index (χ3v) is 7.31. The first kappa shape index (κ1) is 24.3. The Labute approximate surface area is 212 Å². The fourth-order valence-electron chi connectivity index (χ4n) is 3.74. The fourth-order valence-corrected chi connectivity index (χ4v) is 5.29. The quantitative estimate of drug-likeness (QED) is 0.237. The van der Waals surface area contributed by atoms with Gasteiger partial charge in [-0.15, -0.1) is 0 Å². The lowest BCUT2D eigenvalue weighted by Gasteiger charge is -2.24. The summed E-state index contributed by atoms with van der Waals surface area (Å²) in [4.78, 5) is 35.1. The minimum atomic E-state index is -0.121. The van der Waals surface area contributed by atoms with Gasteiger partial charge >= 0.3 is 0 Å². The van der Waals surface area contributed by atoms with Gasteiger partial charge in [0.15, 0.2) is 10.9 Å². The average molecular weight is 536 g/mol. The van der Waals surface area contributed by atoms with Crippen LogP contribution in [0.3, 0.4) is 0 Å². The molecule has 0 saturated carbocycles. The van der Waals surface area contributed by atoms with E-state index in [0.29, 0.717) is 28.4 Å². The number of ketones is 1. The minimum absolute atomic E-state index is 0.0604. The number of aromatic nitrogens is 1. The standard InChI is InChI=1S/C27H26BrN3O2S/c1-3-30(4-2)16-17-31(27-29-23-15-14-22(28)18-24(23)34-27)26(33)21-12-10-20(11-13-21)25(32)19-8-6-5-7-9-19/h5-15,18H,3-4,16-17H2,1-2H3. The van der Waals surface area contributed by atoms with Gasteiger partial charge in [-0.05, 0) is 43.4 Å². The molecule has 0 spiro atoms. The highest BCUT2D eigenvalue weighted by Gasteiger charge is 2.22. The van der Waals surface area contributed by atoms with Crippen LogP contribution >= 0.6 is 27.3 Å². The first-order chi connectivity index (χ1) is 16.5. The van der Waals surface area contributed by atoms with Crippen LogP contribution in [-0.2, 0) is 0 Å². The van der Waals surface area contributed by atoms with Crippen LogP contribution in [0.15, 0.2) is 77.3 Å². The Bertz CT molecular complexity index is 1280. The van der Waals surface area contributed by atoms with Crippen LogP contribution in [0.5, 0.6) is 0 Å². The molecule has 0 atom stereocenters. The molecule has 1 heterocycles. The molecule has 4 aromatic rings. The van der Waals surface area contributed by atoms with Crippen molar-refractivity contribution < 1.29 is 9.59 Å². The molecule has 0 aliphatic carbocycles. The number of thiazole rings is 1. The second-order valence-corrected chi connectivity index (χ2v) is 9.79. The molecule has 4 rings (SSSR count). The zero-order chi connectivity index (χ0) is 24.1. The summed E-state index contributed by atoms with van der Waals surface area (Å²) in [5, 5.41) is 0.676. The summed E-state index contributed by atoms with van der Waals surface area (Å²) in [6.07, 6.45) is 0. The highest BCUT2D eigenvalue weighted by Crippen LogP contribution is 2.31. The number of hydrogen-bond acceptors (Lipinski definition) is 5. The Hall–Kier alpha value is -2.87. The predicted molar refractivity (Wildman–Crippen MR) is 143 cm³/mol. The number of amides is 1. The number of nitrogens with zero attached hydrogens (tertiary/aromatic N) is 3. The normalized spacial score (nSPS) is 11.2. The molecule has 3 aromatic carbocycles. The van der Waals surface area contributed by atoms with Crippen molar-refractivity contribution in [3.63, 3.8) is 0 Å². The first-order valence-electron chi connectivity index (χ1n) is 11.3. The molecule has 0 saturated heterocycles. The lowest BCUT2D eigenvalue weighted by Crippen LogP contribution is -2.38. The Morgan fingerprint density at radius 1 is 0.853 bits per heavy atom. The minimum Gasteiger partial charge on any atom is -0.302 e. The van der Waals surface area contributed by atoms with Crippen LogP contribution in [0.25, 0.3) is 10.2 Å². The van der Waals surface area contributed by atoms with Crippen molar-refractivity contribution in [3.05, 3.63) is 94.0 Å². The van der Waals surface area contributed by atoms with Crippen molar-refractivity contribution in [1.29, 1.82) is 0 Å². The van der Waals surface area contributed by atoms with Gasteiger partial charge in [0.2, 0.25) is 0 Å². The van der Waals surface area contributed by atoms with E-state index in [4.69, 9.17) is 4.98 Å². The van der Waals surface area contributed by atoms with Gasteiger partial charge in [0.1, 0.15) is 0 Å². The van der Waals surface area contributed by atoms with E-state index in [-0.39, 0.29) is 11.7 Å². The molecule has 34 heavy (non-hydrogen) atoms. The molecule has 0 unspecified atom stereocenters. The number of benzene rings is 3. The maximum atomic E-state index is 13.6. The molecule has 5 nitrogen and oxygen atoms in total. The van der Waals surface area contributed by atoms with E-state index in [0.717, 1.165) is 34.3 Å². The van der Waals surface area contributed by atoms with Gasteiger partial charge in [0.25, 0.3) is 5.91 Å². The molecule has 0 aliphatic rings. The Kier molecular flexibility index (Phi) is 7.88. The molecule has 0 N–H and O–H groups in total. The molecule has 0 aliphatic heterocycles. The van der Waals surface area contributed by atoms with E-state index in [1.807, 2.05) is 36.4 Å². The number of halogens is 1. The average Bonchev–Trinajstić information content (AvgIpc) is 3.29. The van der Waals surface area contributed by atoms with Gasteiger partial charge in [0, 0.05) is 34.3 Å². The predicted octanol–water partition coefficient (Wildman–Crippen LogP) is 6.28. The van der Waals surface area contributed by atoms with E-state index in [1.165, 1.54) is 11.3 Å². The second kappa shape index (κ2) is 11.0. The summed E-state index contributed by atoms with van der Waals surface area (Å²) in [6.45, 7) is 7.36. The molecule has 0 bridgehead atoms. The molecule has 1 aromatic heterocycles. The van der Waals surface area contributed by atoms with Crippen molar-refractivity contribution in [1.82, 2.24) is 9.88 Å². The Morgan fingerprint density at radius 2 is 1.50 bits per heavy atom. The maximum absolute atomic E-state index is 13.6. The van der Waals surface area contributed by atoms with Crippen molar-refractivity contribution in [2.45, 2.75) is 13.8 Å².